The predicted molar refractivity (Wildman–Crippen MR) is 92.8 cm³/mol. The third kappa shape index (κ3) is 12.7. The van der Waals surface area contributed by atoms with Gasteiger partial charge in [-0.3, -0.25) is 0 Å². The number of unbranched alkanes of at least 4 members (excludes halogenated alkanes) is 11. The molecule has 0 aliphatic rings. The summed E-state index contributed by atoms with van der Waals surface area (Å²) in [4.78, 5) is 10.5. The van der Waals surface area contributed by atoms with Gasteiger partial charge in [0.1, 0.15) is 6.10 Å². The second-order valence-electron chi connectivity index (χ2n) is 6.60. The number of aliphatic hydroxyl groups excluding tert-OH is 4. The van der Waals surface area contributed by atoms with Crippen molar-refractivity contribution < 1.29 is 30.3 Å². The lowest BCUT2D eigenvalue weighted by molar-refractivity contribution is -0.158. The van der Waals surface area contributed by atoms with Crippen molar-refractivity contribution >= 4 is 5.97 Å². The van der Waals surface area contributed by atoms with Crippen molar-refractivity contribution in [2.75, 3.05) is 6.61 Å². The molecule has 3 unspecified atom stereocenters. The average molecular weight is 348 g/mol. The number of aliphatic carboxylic acids is 1. The fourth-order valence-corrected chi connectivity index (χ4v) is 2.76. The number of rotatable bonds is 17. The lowest BCUT2D eigenvalue weighted by Gasteiger charge is -2.20. The fourth-order valence-electron chi connectivity index (χ4n) is 2.76. The molecule has 0 amide bonds. The molecule has 0 aromatic rings. The summed E-state index contributed by atoms with van der Waals surface area (Å²) < 4.78 is 0. The number of carbonyl (C=O) groups is 1. The summed E-state index contributed by atoms with van der Waals surface area (Å²) in [6.45, 7) is 0.302. The van der Waals surface area contributed by atoms with Gasteiger partial charge in [0, 0.05) is 6.61 Å². The standard InChI is InChI=1S/C18H36O6/c19-14-12-10-8-6-4-2-1-3-5-7-9-11-13-15(20)16(21)17(22)18(23)24/h15-17,19-22H,1-14H2,(H,23,24). The monoisotopic (exact) mass is 348 g/mol. The molecule has 5 N–H and O–H groups in total. The molecule has 6 nitrogen and oxygen atoms in total. The van der Waals surface area contributed by atoms with Crippen molar-refractivity contribution in [2.45, 2.75) is 102 Å². The van der Waals surface area contributed by atoms with Gasteiger partial charge in [-0.25, -0.2) is 4.79 Å². The van der Waals surface area contributed by atoms with E-state index < -0.39 is 24.3 Å². The quantitative estimate of drug-likeness (QED) is 0.257. The van der Waals surface area contributed by atoms with E-state index in [-0.39, 0.29) is 0 Å². The van der Waals surface area contributed by atoms with Crippen LogP contribution in [0.3, 0.4) is 0 Å². The van der Waals surface area contributed by atoms with Gasteiger partial charge < -0.3 is 25.5 Å². The molecule has 144 valence electrons. The largest absolute Gasteiger partial charge is 0.479 e. The Morgan fingerprint density at radius 2 is 1.04 bits per heavy atom. The highest BCUT2D eigenvalue weighted by Crippen LogP contribution is 2.14. The third-order valence-electron chi connectivity index (χ3n) is 4.38. The molecule has 3 atom stereocenters. The maximum atomic E-state index is 10.5. The summed E-state index contributed by atoms with van der Waals surface area (Å²) in [5.41, 5.74) is 0. The van der Waals surface area contributed by atoms with Gasteiger partial charge in [-0.05, 0) is 12.8 Å². The molecule has 6 heteroatoms. The van der Waals surface area contributed by atoms with Gasteiger partial charge in [0.25, 0.3) is 0 Å². The van der Waals surface area contributed by atoms with Crippen LogP contribution in [-0.2, 0) is 4.79 Å². The lowest BCUT2D eigenvalue weighted by Crippen LogP contribution is -2.42. The summed E-state index contributed by atoms with van der Waals surface area (Å²) >= 11 is 0. The number of hydrogen-bond donors (Lipinski definition) is 5. The summed E-state index contributed by atoms with van der Waals surface area (Å²) in [5, 5.41) is 45.5. The Balaban J connectivity index is 3.34. The van der Waals surface area contributed by atoms with Gasteiger partial charge in [0.15, 0.2) is 6.10 Å². The van der Waals surface area contributed by atoms with Crippen molar-refractivity contribution in [3.05, 3.63) is 0 Å². The molecule has 0 fully saturated rings. The van der Waals surface area contributed by atoms with E-state index in [1.165, 1.54) is 38.5 Å². The second-order valence-corrected chi connectivity index (χ2v) is 6.60. The molecule has 0 heterocycles. The summed E-state index contributed by atoms with van der Waals surface area (Å²) in [5.74, 6) is -1.52. The zero-order valence-corrected chi connectivity index (χ0v) is 14.8. The smallest absolute Gasteiger partial charge is 0.335 e. The first-order valence-electron chi connectivity index (χ1n) is 9.38. The molecule has 0 spiro atoms. The zero-order valence-electron chi connectivity index (χ0n) is 14.8. The van der Waals surface area contributed by atoms with E-state index in [2.05, 4.69) is 0 Å². The van der Waals surface area contributed by atoms with Crippen molar-refractivity contribution in [3.63, 3.8) is 0 Å². The Labute approximate surface area is 145 Å². The molecule has 0 saturated carbocycles. The van der Waals surface area contributed by atoms with E-state index in [0.717, 1.165) is 38.5 Å². The second kappa shape index (κ2) is 15.8. The highest BCUT2D eigenvalue weighted by molar-refractivity contribution is 5.72. The minimum atomic E-state index is -1.93. The summed E-state index contributed by atoms with van der Waals surface area (Å²) in [6, 6.07) is 0. The highest BCUT2D eigenvalue weighted by atomic mass is 16.4. The van der Waals surface area contributed by atoms with Gasteiger partial charge in [0.05, 0.1) is 6.10 Å². The Morgan fingerprint density at radius 1 is 0.667 bits per heavy atom. The maximum Gasteiger partial charge on any atom is 0.335 e. The minimum absolute atomic E-state index is 0.302. The van der Waals surface area contributed by atoms with Crippen molar-refractivity contribution in [1.29, 1.82) is 0 Å². The molecule has 0 aromatic carbocycles. The van der Waals surface area contributed by atoms with Crippen LogP contribution in [0.15, 0.2) is 0 Å². The first-order chi connectivity index (χ1) is 11.5. The molecular weight excluding hydrogens is 312 g/mol. The molecule has 24 heavy (non-hydrogen) atoms. The van der Waals surface area contributed by atoms with Gasteiger partial charge in [-0.1, -0.05) is 70.6 Å². The highest BCUT2D eigenvalue weighted by Gasteiger charge is 2.29. The summed E-state index contributed by atoms with van der Waals surface area (Å²) in [6.07, 6.45) is 8.93. The zero-order chi connectivity index (χ0) is 18.2. The number of carboxylic acids is 1. The van der Waals surface area contributed by atoms with Crippen LogP contribution in [0.5, 0.6) is 0 Å². The van der Waals surface area contributed by atoms with Crippen molar-refractivity contribution in [2.24, 2.45) is 0 Å². The van der Waals surface area contributed by atoms with Crippen LogP contribution in [0, 0.1) is 0 Å². The predicted octanol–water partition coefficient (Wildman–Crippen LogP) is 2.22. The lowest BCUT2D eigenvalue weighted by atomic mass is 10.0. The van der Waals surface area contributed by atoms with Crippen LogP contribution in [0.1, 0.15) is 83.5 Å². The van der Waals surface area contributed by atoms with E-state index in [1.54, 1.807) is 0 Å². The van der Waals surface area contributed by atoms with E-state index >= 15 is 0 Å². The normalized spacial score (nSPS) is 15.2. The first kappa shape index (κ1) is 23.3. The molecule has 0 aliphatic carbocycles. The maximum absolute atomic E-state index is 10.5. The van der Waals surface area contributed by atoms with Crippen LogP contribution < -0.4 is 0 Å². The molecule has 0 rings (SSSR count). The Hall–Kier alpha value is -0.690. The van der Waals surface area contributed by atoms with E-state index in [4.69, 9.17) is 15.3 Å². The van der Waals surface area contributed by atoms with Crippen LogP contribution >= 0.6 is 0 Å². The van der Waals surface area contributed by atoms with E-state index in [1.807, 2.05) is 0 Å². The molecule has 0 bridgehead atoms. The van der Waals surface area contributed by atoms with Gasteiger partial charge in [-0.15, -0.1) is 0 Å². The number of hydrogen-bond acceptors (Lipinski definition) is 5. The van der Waals surface area contributed by atoms with E-state index in [0.29, 0.717) is 13.0 Å². The Morgan fingerprint density at radius 3 is 1.42 bits per heavy atom. The van der Waals surface area contributed by atoms with Crippen LogP contribution in [0.4, 0.5) is 0 Å². The fraction of sp³-hybridized carbons (Fsp3) is 0.944. The number of carboxylic acid groups (broad SMARTS) is 1. The van der Waals surface area contributed by atoms with Crippen LogP contribution in [-0.4, -0.2) is 56.4 Å². The van der Waals surface area contributed by atoms with Gasteiger partial charge in [-0.2, -0.15) is 0 Å². The van der Waals surface area contributed by atoms with E-state index in [9.17, 15) is 15.0 Å². The molecule has 0 aliphatic heterocycles. The SMILES string of the molecule is O=C(O)C(O)C(O)C(O)CCCCCCCCCCCCCCO. The van der Waals surface area contributed by atoms with Gasteiger partial charge in [0.2, 0.25) is 0 Å². The average Bonchev–Trinajstić information content (AvgIpc) is 2.57. The number of aliphatic hydroxyl groups is 4. The molecule has 0 radical (unpaired) electrons. The first-order valence-corrected chi connectivity index (χ1v) is 9.38. The third-order valence-corrected chi connectivity index (χ3v) is 4.38. The summed E-state index contributed by atoms with van der Waals surface area (Å²) in [7, 11) is 0. The Kier molecular flexibility index (Phi) is 15.4. The molecule has 0 saturated heterocycles. The van der Waals surface area contributed by atoms with Crippen molar-refractivity contribution in [3.8, 4) is 0 Å². The van der Waals surface area contributed by atoms with Crippen LogP contribution in [0.2, 0.25) is 0 Å². The van der Waals surface area contributed by atoms with Gasteiger partial charge >= 0.3 is 5.97 Å². The van der Waals surface area contributed by atoms with Crippen molar-refractivity contribution in [1.82, 2.24) is 0 Å². The Bertz CT molecular complexity index is 297. The van der Waals surface area contributed by atoms with Crippen LogP contribution in [0.25, 0.3) is 0 Å². The minimum Gasteiger partial charge on any atom is -0.479 e. The molecule has 0 aromatic heterocycles. The molecular formula is C18H36O6. The topological polar surface area (TPSA) is 118 Å².